The van der Waals surface area contributed by atoms with Gasteiger partial charge in [0.1, 0.15) is 6.29 Å². The highest BCUT2D eigenvalue weighted by Crippen LogP contribution is 2.16. The summed E-state index contributed by atoms with van der Waals surface area (Å²) in [6, 6.07) is 0. The molecule has 0 aromatic heterocycles. The predicted octanol–water partition coefficient (Wildman–Crippen LogP) is 12.3. The number of carbonyl (C=O) groups excluding carboxylic acids is 2. The zero-order valence-corrected chi connectivity index (χ0v) is 35.9. The number of unbranched alkanes of at least 4 members (excludes halogenated alkanes) is 22. The first-order valence-corrected chi connectivity index (χ1v) is 22.5. The van der Waals surface area contributed by atoms with E-state index in [1.165, 1.54) is 154 Å². The molecule has 0 aliphatic heterocycles. The van der Waals surface area contributed by atoms with Crippen LogP contribution in [-0.2, 0) is 23.9 Å². The van der Waals surface area contributed by atoms with Gasteiger partial charge in [-0.15, -0.1) is 0 Å². The molecule has 0 aliphatic rings. The first-order chi connectivity index (χ1) is 25.9. The quantitative estimate of drug-likeness (QED) is 0.0469. The van der Waals surface area contributed by atoms with Gasteiger partial charge in [-0.25, -0.2) is 0 Å². The molecule has 1 unspecified atom stereocenters. The van der Waals surface area contributed by atoms with Crippen LogP contribution in [0.1, 0.15) is 227 Å². The molecule has 0 heterocycles. The highest BCUT2D eigenvalue weighted by molar-refractivity contribution is 5.66. The Labute approximate surface area is 329 Å². The molecule has 0 radical (unpaired) electrons. The molecule has 0 fully saturated rings. The van der Waals surface area contributed by atoms with E-state index < -0.39 is 5.97 Å². The Morgan fingerprint density at radius 1 is 0.585 bits per heavy atom. The molecule has 0 amide bonds. The number of aliphatic hydroxyl groups excluding tert-OH is 1. The van der Waals surface area contributed by atoms with Crippen LogP contribution in [0.3, 0.4) is 0 Å². The minimum absolute atomic E-state index is 0.0534. The molecule has 0 bridgehead atoms. The lowest BCUT2D eigenvalue weighted by atomic mass is 10.0. The summed E-state index contributed by atoms with van der Waals surface area (Å²) in [5.41, 5.74) is 0. The lowest BCUT2D eigenvalue weighted by molar-refractivity contribution is -0.137. The number of hydrogen-bond donors (Lipinski definition) is 2. The maximum atomic E-state index is 10.2. The zero-order chi connectivity index (χ0) is 39.9. The van der Waals surface area contributed by atoms with Crippen molar-refractivity contribution in [3.63, 3.8) is 0 Å². The van der Waals surface area contributed by atoms with E-state index in [0.717, 1.165) is 51.6 Å². The number of hydrogen-bond acceptors (Lipinski definition) is 7. The fraction of sp³-hybridized carbons (Fsp3) is 0.933. The van der Waals surface area contributed by atoms with Gasteiger partial charge in [-0.3, -0.25) is 9.59 Å². The van der Waals surface area contributed by atoms with Crippen LogP contribution >= 0.6 is 0 Å². The van der Waals surface area contributed by atoms with Crippen LogP contribution in [-0.4, -0.2) is 79.4 Å². The monoisotopic (exact) mass is 758 g/mol. The second-order valence-electron chi connectivity index (χ2n) is 15.1. The molecule has 8 nitrogen and oxygen atoms in total. The number of aldehydes is 1. The largest absolute Gasteiger partial charge is 0.481 e. The van der Waals surface area contributed by atoms with E-state index in [-0.39, 0.29) is 19.1 Å². The van der Waals surface area contributed by atoms with Crippen molar-refractivity contribution >= 4 is 18.7 Å². The van der Waals surface area contributed by atoms with E-state index in [0.29, 0.717) is 25.4 Å². The van der Waals surface area contributed by atoms with Crippen LogP contribution in [0.25, 0.3) is 0 Å². The van der Waals surface area contributed by atoms with Gasteiger partial charge in [0.25, 0.3) is 6.47 Å². The van der Waals surface area contributed by atoms with Crippen molar-refractivity contribution < 1.29 is 34.1 Å². The minimum Gasteiger partial charge on any atom is -0.481 e. The van der Waals surface area contributed by atoms with Crippen LogP contribution in [0.15, 0.2) is 0 Å². The number of ether oxygens (including phenoxy) is 2. The molecule has 0 aliphatic carbocycles. The first-order valence-electron chi connectivity index (χ1n) is 22.5. The summed E-state index contributed by atoms with van der Waals surface area (Å²) >= 11 is 0. The molecule has 0 spiro atoms. The summed E-state index contributed by atoms with van der Waals surface area (Å²) in [6.07, 6.45) is 38.9. The molecule has 0 saturated heterocycles. The standard InChI is InChI=1S/C18H37NO2.C18H38O.C9H16O4/c1-2-3-4-5-8-11-14-19(16-18-21)15-12-9-6-7-10-13-17-20;1-4-6-8-10-12-14-16-18(19-3)17-15-13-11-9-7-5-2;1-8(13-7-10)5-3-2-4-6-9(11)12/h17,21H,2-16,18H2,1H3;18H,4-17H2,1-3H3;7-8H,2-6H2,1H3,(H,11,12). The number of carboxylic acid groups (broad SMARTS) is 1. The van der Waals surface area contributed by atoms with Crippen molar-refractivity contribution in [2.75, 3.05) is 33.4 Å². The summed E-state index contributed by atoms with van der Waals surface area (Å²) in [7, 11) is 1.89. The summed E-state index contributed by atoms with van der Waals surface area (Å²) < 4.78 is 10.3. The van der Waals surface area contributed by atoms with E-state index in [4.69, 9.17) is 14.9 Å². The van der Waals surface area contributed by atoms with Gasteiger partial charge in [-0.1, -0.05) is 156 Å². The molecule has 53 heavy (non-hydrogen) atoms. The third-order valence-corrected chi connectivity index (χ3v) is 9.92. The van der Waals surface area contributed by atoms with Gasteiger partial charge in [0, 0.05) is 26.5 Å². The molecule has 0 saturated carbocycles. The van der Waals surface area contributed by atoms with E-state index >= 15 is 0 Å². The summed E-state index contributed by atoms with van der Waals surface area (Å²) in [6.45, 7) is 12.4. The van der Waals surface area contributed by atoms with Gasteiger partial charge >= 0.3 is 5.97 Å². The number of nitrogens with zero attached hydrogens (tertiary/aromatic N) is 1. The normalized spacial score (nSPS) is 11.5. The van der Waals surface area contributed by atoms with Crippen LogP contribution in [0.2, 0.25) is 0 Å². The van der Waals surface area contributed by atoms with E-state index in [1.807, 2.05) is 14.0 Å². The van der Waals surface area contributed by atoms with Crippen LogP contribution in [0, 0.1) is 0 Å². The first kappa shape index (κ1) is 55.8. The van der Waals surface area contributed by atoms with Gasteiger partial charge in [-0.05, 0) is 71.4 Å². The number of methoxy groups -OCH3 is 1. The Balaban J connectivity index is -0.000000727. The summed E-state index contributed by atoms with van der Waals surface area (Å²) in [4.78, 5) is 32.6. The van der Waals surface area contributed by atoms with Gasteiger partial charge in [-0.2, -0.15) is 0 Å². The Morgan fingerprint density at radius 3 is 1.42 bits per heavy atom. The average molecular weight is 758 g/mol. The number of aliphatic carboxylic acids is 1. The smallest absolute Gasteiger partial charge is 0.303 e. The van der Waals surface area contributed by atoms with Crippen LogP contribution < -0.4 is 0 Å². The SMILES string of the molecule is CC(CCCCCC(=O)O)OC=O.CCCCCCCCC(CCCCCCCC)OC.CCCCCCCCN(CCO)CCCCCCCC=O. The van der Waals surface area contributed by atoms with Crippen LogP contribution in [0.5, 0.6) is 0 Å². The van der Waals surface area contributed by atoms with Gasteiger partial charge in [0.2, 0.25) is 0 Å². The Kier molecular flexibility index (Phi) is 53.2. The number of carboxylic acids is 1. The second kappa shape index (κ2) is 50.5. The Morgan fingerprint density at radius 2 is 1.00 bits per heavy atom. The molecule has 0 aromatic carbocycles. The number of rotatable bonds is 40. The average Bonchev–Trinajstić information content (AvgIpc) is 3.15. The van der Waals surface area contributed by atoms with Gasteiger partial charge < -0.3 is 29.4 Å². The number of carbonyl (C=O) groups is 3. The highest BCUT2D eigenvalue weighted by atomic mass is 16.5. The fourth-order valence-electron chi connectivity index (χ4n) is 6.42. The third kappa shape index (κ3) is 52.6. The lowest BCUT2D eigenvalue weighted by Crippen LogP contribution is -2.29. The van der Waals surface area contributed by atoms with E-state index in [2.05, 4.69) is 30.4 Å². The van der Waals surface area contributed by atoms with Crippen molar-refractivity contribution in [3.05, 3.63) is 0 Å². The predicted molar refractivity (Wildman–Crippen MR) is 225 cm³/mol. The Bertz CT molecular complexity index is 692. The minimum atomic E-state index is -0.753. The van der Waals surface area contributed by atoms with Gasteiger partial charge in [0.05, 0.1) is 18.8 Å². The van der Waals surface area contributed by atoms with Crippen molar-refractivity contribution in [1.82, 2.24) is 4.90 Å². The van der Waals surface area contributed by atoms with Gasteiger partial charge in [0.15, 0.2) is 0 Å². The summed E-state index contributed by atoms with van der Waals surface area (Å²) in [5.74, 6) is -0.753. The molecule has 8 heteroatoms. The van der Waals surface area contributed by atoms with E-state index in [1.54, 1.807) is 0 Å². The van der Waals surface area contributed by atoms with Crippen LogP contribution in [0.4, 0.5) is 0 Å². The molecule has 2 N–H and O–H groups in total. The summed E-state index contributed by atoms with van der Waals surface area (Å²) in [5, 5.41) is 17.5. The third-order valence-electron chi connectivity index (χ3n) is 9.92. The highest BCUT2D eigenvalue weighted by Gasteiger charge is 2.07. The number of aliphatic hydroxyl groups is 1. The van der Waals surface area contributed by atoms with Crippen molar-refractivity contribution in [1.29, 1.82) is 0 Å². The molecular formula is C45H91NO7. The van der Waals surface area contributed by atoms with E-state index in [9.17, 15) is 14.4 Å². The molecule has 1 atom stereocenters. The zero-order valence-electron chi connectivity index (χ0n) is 35.9. The second-order valence-corrected chi connectivity index (χ2v) is 15.1. The molecule has 0 rings (SSSR count). The fourth-order valence-corrected chi connectivity index (χ4v) is 6.42. The van der Waals surface area contributed by atoms with Crippen molar-refractivity contribution in [3.8, 4) is 0 Å². The molecule has 0 aromatic rings. The Hall–Kier alpha value is -1.51. The topological polar surface area (TPSA) is 113 Å². The van der Waals surface area contributed by atoms with Crippen molar-refractivity contribution in [2.45, 2.75) is 239 Å². The maximum absolute atomic E-state index is 10.2. The maximum Gasteiger partial charge on any atom is 0.303 e. The molecular weight excluding hydrogens is 666 g/mol. The van der Waals surface area contributed by atoms with Crippen molar-refractivity contribution in [2.24, 2.45) is 0 Å². The lowest BCUT2D eigenvalue weighted by Gasteiger charge is -2.21. The molecule has 318 valence electrons.